The molecule has 0 aliphatic carbocycles. The minimum atomic E-state index is -0.632. The fraction of sp³-hybridized carbons (Fsp3) is 0.320. The van der Waals surface area contributed by atoms with Crippen molar-refractivity contribution in [2.24, 2.45) is 0 Å². The molecule has 1 saturated heterocycles. The molecule has 4 rings (SSSR count). The van der Waals surface area contributed by atoms with Gasteiger partial charge in [-0.05, 0) is 29.7 Å². The van der Waals surface area contributed by atoms with Gasteiger partial charge in [0.15, 0.2) is 0 Å². The van der Waals surface area contributed by atoms with Gasteiger partial charge in [-0.25, -0.2) is 0 Å². The van der Waals surface area contributed by atoms with E-state index in [1.54, 1.807) is 12.1 Å². The van der Waals surface area contributed by atoms with E-state index < -0.39 is 11.9 Å². The lowest BCUT2D eigenvalue weighted by molar-refractivity contribution is -0.136. The van der Waals surface area contributed by atoms with Crippen LogP contribution in [0.4, 0.5) is 0 Å². The molecule has 32 heavy (non-hydrogen) atoms. The average Bonchev–Trinajstić information content (AvgIpc) is 3.13. The lowest BCUT2D eigenvalue weighted by atomic mass is 10.0. The van der Waals surface area contributed by atoms with E-state index in [9.17, 15) is 14.4 Å². The number of hydrogen-bond donors (Lipinski definition) is 1. The van der Waals surface area contributed by atoms with Gasteiger partial charge in [-0.15, -0.1) is 0 Å². The fourth-order valence-electron chi connectivity index (χ4n) is 3.84. The van der Waals surface area contributed by atoms with Crippen LogP contribution in [0.2, 0.25) is 0 Å². The van der Waals surface area contributed by atoms with Crippen LogP contribution in [0.3, 0.4) is 0 Å². The van der Waals surface area contributed by atoms with Gasteiger partial charge in [-0.2, -0.15) is 0 Å². The summed E-state index contributed by atoms with van der Waals surface area (Å²) in [5.41, 5.74) is 3.22. The van der Waals surface area contributed by atoms with Gasteiger partial charge >= 0.3 is 0 Å². The van der Waals surface area contributed by atoms with Crippen LogP contribution in [-0.2, 0) is 32.2 Å². The number of rotatable bonds is 7. The molecule has 2 heterocycles. The highest BCUT2D eigenvalue weighted by atomic mass is 16.5. The zero-order chi connectivity index (χ0) is 22.3. The van der Waals surface area contributed by atoms with Crippen molar-refractivity contribution in [3.63, 3.8) is 0 Å². The Kier molecular flexibility index (Phi) is 6.95. The molecule has 2 aliphatic heterocycles. The van der Waals surface area contributed by atoms with Crippen molar-refractivity contribution in [3.05, 3.63) is 70.8 Å². The summed E-state index contributed by atoms with van der Waals surface area (Å²) < 4.78 is 11.1. The number of carbonyl (C=O) groups excluding carboxylic acids is 3. The van der Waals surface area contributed by atoms with Crippen molar-refractivity contribution >= 4 is 17.7 Å². The first kappa shape index (κ1) is 21.8. The van der Waals surface area contributed by atoms with E-state index >= 15 is 0 Å². The Labute approximate surface area is 186 Å². The van der Waals surface area contributed by atoms with E-state index in [2.05, 4.69) is 17.2 Å². The van der Waals surface area contributed by atoms with E-state index in [1.165, 1.54) is 4.90 Å². The summed E-state index contributed by atoms with van der Waals surface area (Å²) in [4.78, 5) is 38.0. The Hall–Kier alpha value is -3.47. The summed E-state index contributed by atoms with van der Waals surface area (Å²) in [5.74, 6) is 5.14. The number of nitrogens with one attached hydrogen (secondary N) is 1. The summed E-state index contributed by atoms with van der Waals surface area (Å²) in [7, 11) is 0. The maximum absolute atomic E-state index is 12.8. The predicted molar refractivity (Wildman–Crippen MR) is 116 cm³/mol. The lowest BCUT2D eigenvalue weighted by Crippen LogP contribution is -2.52. The van der Waals surface area contributed by atoms with Crippen LogP contribution in [0, 0.1) is 11.8 Å². The first-order chi connectivity index (χ1) is 15.6. The Morgan fingerprint density at radius 3 is 2.62 bits per heavy atom. The predicted octanol–water partition coefficient (Wildman–Crippen LogP) is 2.03. The lowest BCUT2D eigenvalue weighted by Gasteiger charge is -2.29. The molecule has 0 aromatic heterocycles. The van der Waals surface area contributed by atoms with Gasteiger partial charge in [-0.3, -0.25) is 19.7 Å². The maximum Gasteiger partial charge on any atom is 0.255 e. The molecule has 1 atom stereocenters. The monoisotopic (exact) mass is 432 g/mol. The minimum Gasteiger partial charge on any atom is -0.374 e. The molecule has 0 saturated carbocycles. The summed E-state index contributed by atoms with van der Waals surface area (Å²) in [6.45, 7) is 2.02. The third kappa shape index (κ3) is 5.05. The Morgan fingerprint density at radius 1 is 1.00 bits per heavy atom. The van der Waals surface area contributed by atoms with Gasteiger partial charge in [0, 0.05) is 24.1 Å². The number of amides is 3. The van der Waals surface area contributed by atoms with Crippen LogP contribution in [0.5, 0.6) is 0 Å². The largest absolute Gasteiger partial charge is 0.374 e. The zero-order valence-electron chi connectivity index (χ0n) is 17.6. The molecule has 2 aromatic carbocycles. The van der Waals surface area contributed by atoms with Gasteiger partial charge in [0.1, 0.15) is 12.6 Å². The van der Waals surface area contributed by atoms with E-state index in [1.807, 2.05) is 36.4 Å². The summed E-state index contributed by atoms with van der Waals surface area (Å²) in [6.07, 6.45) is 0.571. The third-order valence-corrected chi connectivity index (χ3v) is 5.46. The highest BCUT2D eigenvalue weighted by Crippen LogP contribution is 2.29. The van der Waals surface area contributed by atoms with E-state index in [4.69, 9.17) is 9.47 Å². The number of piperidine rings is 1. The highest BCUT2D eigenvalue weighted by Gasteiger charge is 2.39. The van der Waals surface area contributed by atoms with E-state index in [0.717, 1.165) is 16.7 Å². The molecule has 7 nitrogen and oxygen atoms in total. The molecular weight excluding hydrogens is 408 g/mol. The molecule has 1 fully saturated rings. The standard InChI is InChI=1S/C25H24N2O5/c28-23-12-11-22(24(29)26-23)27-16-21-19(8-4-10-20(21)25(27)30)9-5-13-31-14-15-32-17-18-6-2-1-3-7-18/h1-4,6-8,10,22H,11-17H2,(H,26,28,29). The molecule has 0 spiro atoms. The number of ether oxygens (including phenoxy) is 2. The van der Waals surface area contributed by atoms with Crippen LogP contribution < -0.4 is 5.32 Å². The van der Waals surface area contributed by atoms with Gasteiger partial charge < -0.3 is 14.4 Å². The molecule has 3 amide bonds. The maximum atomic E-state index is 12.8. The first-order valence-corrected chi connectivity index (χ1v) is 10.6. The quantitative estimate of drug-likeness (QED) is 0.411. The summed E-state index contributed by atoms with van der Waals surface area (Å²) in [5, 5.41) is 2.31. The molecular formula is C25H24N2O5. The average molecular weight is 432 g/mol. The molecule has 7 heteroatoms. The number of benzene rings is 2. The smallest absolute Gasteiger partial charge is 0.255 e. The zero-order valence-corrected chi connectivity index (χ0v) is 17.6. The Balaban J connectivity index is 1.28. The third-order valence-electron chi connectivity index (χ3n) is 5.46. The second-order valence-corrected chi connectivity index (χ2v) is 7.62. The van der Waals surface area contributed by atoms with E-state index in [0.29, 0.717) is 38.3 Å². The van der Waals surface area contributed by atoms with Crippen LogP contribution in [0.1, 0.15) is 39.9 Å². The topological polar surface area (TPSA) is 84.9 Å². The van der Waals surface area contributed by atoms with Crippen LogP contribution in [0.25, 0.3) is 0 Å². The van der Waals surface area contributed by atoms with Crippen LogP contribution in [-0.4, -0.2) is 48.5 Å². The normalized spacial score (nSPS) is 17.6. The molecule has 2 aliphatic rings. The van der Waals surface area contributed by atoms with E-state index in [-0.39, 0.29) is 24.8 Å². The molecule has 0 radical (unpaired) electrons. The number of nitrogens with zero attached hydrogens (tertiary/aromatic N) is 1. The summed E-state index contributed by atoms with van der Waals surface area (Å²) >= 11 is 0. The second kappa shape index (κ2) is 10.2. The minimum absolute atomic E-state index is 0.204. The Bertz CT molecular complexity index is 1070. The number of imide groups is 1. The SMILES string of the molecule is O=C1CCC(N2Cc3c(C#CCOCCOCc4ccccc4)cccc3C2=O)C(=O)N1. The van der Waals surface area contributed by atoms with Gasteiger partial charge in [0.25, 0.3) is 5.91 Å². The van der Waals surface area contributed by atoms with Crippen molar-refractivity contribution in [1.82, 2.24) is 10.2 Å². The molecule has 0 bridgehead atoms. The number of hydrogen-bond acceptors (Lipinski definition) is 5. The van der Waals surface area contributed by atoms with Crippen molar-refractivity contribution in [3.8, 4) is 11.8 Å². The second-order valence-electron chi connectivity index (χ2n) is 7.62. The number of fused-ring (bicyclic) bond motifs is 1. The molecule has 2 aromatic rings. The van der Waals surface area contributed by atoms with Crippen molar-refractivity contribution in [2.45, 2.75) is 32.0 Å². The number of carbonyl (C=O) groups is 3. The molecule has 164 valence electrons. The van der Waals surface area contributed by atoms with Crippen LogP contribution in [0.15, 0.2) is 48.5 Å². The van der Waals surface area contributed by atoms with Gasteiger partial charge in [0.2, 0.25) is 11.8 Å². The van der Waals surface area contributed by atoms with Gasteiger partial charge in [0.05, 0.1) is 19.8 Å². The molecule has 1 N–H and O–H groups in total. The molecule has 1 unspecified atom stereocenters. The highest BCUT2D eigenvalue weighted by molar-refractivity contribution is 6.05. The van der Waals surface area contributed by atoms with Crippen molar-refractivity contribution < 1.29 is 23.9 Å². The Morgan fingerprint density at radius 2 is 1.81 bits per heavy atom. The van der Waals surface area contributed by atoms with Crippen LogP contribution >= 0.6 is 0 Å². The summed E-state index contributed by atoms with van der Waals surface area (Å²) in [6, 6.07) is 14.7. The fourth-order valence-corrected chi connectivity index (χ4v) is 3.84. The first-order valence-electron chi connectivity index (χ1n) is 10.6. The van der Waals surface area contributed by atoms with Crippen molar-refractivity contribution in [2.75, 3.05) is 19.8 Å². The van der Waals surface area contributed by atoms with Crippen molar-refractivity contribution in [1.29, 1.82) is 0 Å². The van der Waals surface area contributed by atoms with Gasteiger partial charge in [-0.1, -0.05) is 48.2 Å².